The summed E-state index contributed by atoms with van der Waals surface area (Å²) in [6, 6.07) is 9.45. The van der Waals surface area contributed by atoms with Gasteiger partial charge in [-0.15, -0.1) is 0 Å². The van der Waals surface area contributed by atoms with E-state index < -0.39 is 11.9 Å². The molecule has 0 spiro atoms. The highest BCUT2D eigenvalue weighted by Gasteiger charge is 2.13. The Kier molecular flexibility index (Phi) is 3.80. The Morgan fingerprint density at radius 2 is 1.43 bits per heavy atom. The number of nitrogens with two attached hydrogens (primary N) is 2. The third-order valence-corrected chi connectivity index (χ3v) is 3.08. The highest BCUT2D eigenvalue weighted by Crippen LogP contribution is 2.27. The molecular formula is C15H14N2O4. The molecule has 2 aromatic rings. The zero-order valence-corrected chi connectivity index (χ0v) is 11.3. The number of esters is 1. The molecule has 6 nitrogen and oxygen atoms in total. The van der Waals surface area contributed by atoms with Crippen molar-refractivity contribution in [2.24, 2.45) is 0 Å². The van der Waals surface area contributed by atoms with Crippen LogP contribution in [-0.2, 0) is 4.74 Å². The maximum absolute atomic E-state index is 11.6. The van der Waals surface area contributed by atoms with E-state index in [1.165, 1.54) is 19.2 Å². The largest absolute Gasteiger partial charge is 0.478 e. The van der Waals surface area contributed by atoms with Crippen molar-refractivity contribution in [1.82, 2.24) is 0 Å². The summed E-state index contributed by atoms with van der Waals surface area (Å²) in [7, 11) is 1.26. The molecule has 21 heavy (non-hydrogen) atoms. The van der Waals surface area contributed by atoms with Crippen molar-refractivity contribution in [2.75, 3.05) is 18.6 Å². The fourth-order valence-electron chi connectivity index (χ4n) is 1.94. The van der Waals surface area contributed by atoms with E-state index in [0.717, 1.165) is 0 Å². The topological polar surface area (TPSA) is 116 Å². The predicted octanol–water partition coefficient (Wildman–Crippen LogP) is 2.00. The van der Waals surface area contributed by atoms with Crippen molar-refractivity contribution in [3.8, 4) is 11.1 Å². The molecule has 0 saturated carbocycles. The minimum atomic E-state index is -1.11. The van der Waals surface area contributed by atoms with Crippen LogP contribution in [0.3, 0.4) is 0 Å². The minimum Gasteiger partial charge on any atom is -0.478 e. The van der Waals surface area contributed by atoms with Crippen LogP contribution in [0.5, 0.6) is 0 Å². The van der Waals surface area contributed by atoms with Gasteiger partial charge in [0.05, 0.1) is 18.2 Å². The second-order valence-corrected chi connectivity index (χ2v) is 4.40. The Bertz CT molecular complexity index is 726. The summed E-state index contributed by atoms with van der Waals surface area (Å²) in [4.78, 5) is 22.7. The molecule has 0 amide bonds. The Hall–Kier alpha value is -3.02. The van der Waals surface area contributed by atoms with Crippen LogP contribution in [0.25, 0.3) is 11.1 Å². The average Bonchev–Trinajstić information content (AvgIpc) is 2.47. The molecule has 0 aromatic heterocycles. The molecule has 0 fully saturated rings. The highest BCUT2D eigenvalue weighted by atomic mass is 16.5. The van der Waals surface area contributed by atoms with Crippen LogP contribution in [-0.4, -0.2) is 24.2 Å². The van der Waals surface area contributed by atoms with Gasteiger partial charge in [0.1, 0.15) is 0 Å². The van der Waals surface area contributed by atoms with E-state index in [9.17, 15) is 9.59 Å². The second kappa shape index (κ2) is 5.54. The molecule has 0 heterocycles. The van der Waals surface area contributed by atoms with Crippen molar-refractivity contribution >= 4 is 23.3 Å². The lowest BCUT2D eigenvalue weighted by molar-refractivity contribution is 0.0601. The molecule has 0 aliphatic rings. The normalized spacial score (nSPS) is 10.1. The van der Waals surface area contributed by atoms with Crippen LogP contribution in [0.1, 0.15) is 20.7 Å². The van der Waals surface area contributed by atoms with Gasteiger partial charge >= 0.3 is 11.9 Å². The van der Waals surface area contributed by atoms with E-state index in [4.69, 9.17) is 16.6 Å². The molecule has 0 atom stereocenters. The van der Waals surface area contributed by atoms with E-state index in [0.29, 0.717) is 16.8 Å². The van der Waals surface area contributed by atoms with Crippen molar-refractivity contribution in [1.29, 1.82) is 0 Å². The lowest BCUT2D eigenvalue weighted by atomic mass is 9.99. The number of carbonyl (C=O) groups excluding carboxylic acids is 1. The van der Waals surface area contributed by atoms with Crippen LogP contribution in [0.15, 0.2) is 36.4 Å². The predicted molar refractivity (Wildman–Crippen MR) is 79.0 cm³/mol. The summed E-state index contributed by atoms with van der Waals surface area (Å²) in [5.41, 5.74) is 13.3. The number of carboxylic acids is 1. The van der Waals surface area contributed by atoms with Gasteiger partial charge in [-0.3, -0.25) is 0 Å². The number of nitrogen functional groups attached to an aromatic ring is 2. The number of methoxy groups -OCH3 is 1. The molecule has 6 heteroatoms. The third-order valence-electron chi connectivity index (χ3n) is 3.08. The van der Waals surface area contributed by atoms with Gasteiger partial charge in [0.25, 0.3) is 0 Å². The fourth-order valence-corrected chi connectivity index (χ4v) is 1.94. The van der Waals surface area contributed by atoms with E-state index in [-0.39, 0.29) is 16.8 Å². The first-order valence-electron chi connectivity index (χ1n) is 6.05. The lowest BCUT2D eigenvalue weighted by Gasteiger charge is -2.09. The van der Waals surface area contributed by atoms with Crippen LogP contribution in [0.4, 0.5) is 11.4 Å². The third kappa shape index (κ3) is 2.79. The number of hydrogen-bond acceptors (Lipinski definition) is 5. The molecule has 108 valence electrons. The van der Waals surface area contributed by atoms with Crippen molar-refractivity contribution in [2.45, 2.75) is 0 Å². The maximum atomic E-state index is 11.6. The van der Waals surface area contributed by atoms with E-state index in [2.05, 4.69) is 4.74 Å². The Morgan fingerprint density at radius 3 is 1.90 bits per heavy atom. The molecule has 5 N–H and O–H groups in total. The van der Waals surface area contributed by atoms with Gasteiger partial charge in [-0.2, -0.15) is 0 Å². The number of carboxylic acid groups (broad SMARTS) is 1. The van der Waals surface area contributed by atoms with Gasteiger partial charge in [0, 0.05) is 11.4 Å². The summed E-state index contributed by atoms with van der Waals surface area (Å²) in [6.45, 7) is 0. The van der Waals surface area contributed by atoms with Gasteiger partial charge in [-0.05, 0) is 35.4 Å². The number of ether oxygens (including phenoxy) is 1. The number of hydrogen-bond donors (Lipinski definition) is 3. The summed E-state index contributed by atoms with van der Waals surface area (Å²) < 4.78 is 4.66. The molecule has 0 bridgehead atoms. The molecule has 0 unspecified atom stereocenters. The summed E-state index contributed by atoms with van der Waals surface area (Å²) in [5.74, 6) is -1.67. The maximum Gasteiger partial charge on any atom is 0.339 e. The smallest absolute Gasteiger partial charge is 0.339 e. The molecule has 0 saturated heterocycles. The molecule has 0 radical (unpaired) electrons. The SMILES string of the molecule is COC(=O)c1cc(-c2ccc(N)c(C(=O)O)c2)ccc1N. The second-order valence-electron chi connectivity index (χ2n) is 4.40. The Balaban J connectivity index is 2.55. The highest BCUT2D eigenvalue weighted by molar-refractivity contribution is 5.98. The number of benzene rings is 2. The molecule has 0 aliphatic heterocycles. The lowest BCUT2D eigenvalue weighted by Crippen LogP contribution is -2.06. The van der Waals surface area contributed by atoms with E-state index in [1.54, 1.807) is 24.3 Å². The zero-order chi connectivity index (χ0) is 15.6. The van der Waals surface area contributed by atoms with E-state index >= 15 is 0 Å². The first-order valence-corrected chi connectivity index (χ1v) is 6.05. The van der Waals surface area contributed by atoms with Crippen molar-refractivity contribution < 1.29 is 19.4 Å². The molecular weight excluding hydrogens is 272 g/mol. The average molecular weight is 286 g/mol. The van der Waals surface area contributed by atoms with Gasteiger partial charge in [-0.25, -0.2) is 9.59 Å². The minimum absolute atomic E-state index is 0.00365. The van der Waals surface area contributed by atoms with Crippen molar-refractivity contribution in [3.05, 3.63) is 47.5 Å². The van der Waals surface area contributed by atoms with Gasteiger partial charge < -0.3 is 21.3 Å². The van der Waals surface area contributed by atoms with Crippen LogP contribution >= 0.6 is 0 Å². The monoisotopic (exact) mass is 286 g/mol. The van der Waals surface area contributed by atoms with E-state index in [1.807, 2.05) is 0 Å². The molecule has 0 aliphatic carbocycles. The molecule has 2 aromatic carbocycles. The number of carbonyl (C=O) groups is 2. The van der Waals surface area contributed by atoms with Gasteiger partial charge in [0.2, 0.25) is 0 Å². The molecule has 2 rings (SSSR count). The number of anilines is 2. The summed E-state index contributed by atoms with van der Waals surface area (Å²) >= 11 is 0. The number of aromatic carboxylic acids is 1. The van der Waals surface area contributed by atoms with Gasteiger partial charge in [0.15, 0.2) is 0 Å². The van der Waals surface area contributed by atoms with Crippen molar-refractivity contribution in [3.63, 3.8) is 0 Å². The van der Waals surface area contributed by atoms with Gasteiger partial charge in [-0.1, -0.05) is 12.1 Å². The van der Waals surface area contributed by atoms with Crippen LogP contribution < -0.4 is 11.5 Å². The number of rotatable bonds is 3. The Labute approximate surface area is 120 Å². The first-order chi connectivity index (χ1) is 9.93. The zero-order valence-electron chi connectivity index (χ0n) is 11.3. The quantitative estimate of drug-likeness (QED) is 0.587. The Morgan fingerprint density at radius 1 is 0.952 bits per heavy atom. The summed E-state index contributed by atoms with van der Waals surface area (Å²) in [6.07, 6.45) is 0. The standard InChI is InChI=1S/C15H14N2O4/c1-21-15(20)11-7-9(3-5-13(11)17)8-2-4-12(16)10(6-8)14(18)19/h2-7H,16-17H2,1H3,(H,18,19). The summed E-state index contributed by atoms with van der Waals surface area (Å²) in [5, 5.41) is 9.09. The first kappa shape index (κ1) is 14.4. The van der Waals surface area contributed by atoms with Crippen LogP contribution in [0, 0.1) is 0 Å². The fraction of sp³-hybridized carbons (Fsp3) is 0.0667. The van der Waals surface area contributed by atoms with Crippen LogP contribution in [0.2, 0.25) is 0 Å².